The fourth-order valence-electron chi connectivity index (χ4n) is 1.57. The Morgan fingerprint density at radius 3 is 3.00 bits per heavy atom. The number of nitrogens with one attached hydrogen (secondary N) is 1. The molecule has 0 spiro atoms. The van der Waals surface area contributed by atoms with Crippen molar-refractivity contribution in [3.63, 3.8) is 0 Å². The average molecular weight is 271 g/mol. The van der Waals surface area contributed by atoms with Gasteiger partial charge in [0.05, 0.1) is 12.0 Å². The monoisotopic (exact) mass is 271 g/mol. The second-order valence-electron chi connectivity index (χ2n) is 4.63. The molecule has 0 aromatic heterocycles. The van der Waals surface area contributed by atoms with Crippen molar-refractivity contribution < 1.29 is 19.5 Å². The molecule has 4 N–H and O–H groups in total. The number of esters is 1. The van der Waals surface area contributed by atoms with Crippen LogP contribution in [0.15, 0.2) is 17.4 Å². The number of nitrogens with two attached hydrogens (primary N) is 1. The molecule has 19 heavy (non-hydrogen) atoms. The largest absolute Gasteiger partial charge is 0.463 e. The van der Waals surface area contributed by atoms with Gasteiger partial charge in [-0.2, -0.15) is 0 Å². The van der Waals surface area contributed by atoms with Crippen molar-refractivity contribution in [2.45, 2.75) is 39.0 Å². The van der Waals surface area contributed by atoms with Gasteiger partial charge < -0.3 is 25.7 Å². The van der Waals surface area contributed by atoms with Crippen LogP contribution >= 0.6 is 0 Å². The maximum Gasteiger partial charge on any atom is 0.308 e. The number of carbonyl (C=O) groups excluding carboxylic acids is 1. The molecule has 7 heteroatoms. The van der Waals surface area contributed by atoms with Crippen molar-refractivity contribution in [2.24, 2.45) is 16.8 Å². The van der Waals surface area contributed by atoms with E-state index in [1.807, 2.05) is 0 Å². The van der Waals surface area contributed by atoms with Crippen LogP contribution in [0.2, 0.25) is 0 Å². The third-order valence-electron chi connectivity index (χ3n) is 2.64. The van der Waals surface area contributed by atoms with Gasteiger partial charge in [0.2, 0.25) is 0 Å². The van der Waals surface area contributed by atoms with E-state index in [4.69, 9.17) is 20.4 Å². The van der Waals surface area contributed by atoms with Crippen molar-refractivity contribution >= 4 is 11.8 Å². The number of nitrogens with zero attached hydrogens (tertiary/aromatic N) is 1. The lowest BCUT2D eigenvalue weighted by Crippen LogP contribution is -2.27. The third kappa shape index (κ3) is 5.60. The van der Waals surface area contributed by atoms with Crippen LogP contribution in [0.25, 0.3) is 0 Å². The normalized spacial score (nSPS) is 24.1. The SMILES string of the molecule is CC(C)C(=O)OC[C@@H]1CC[C@H](N/C=C\C(N)=N\O)O1. The van der Waals surface area contributed by atoms with Crippen LogP contribution < -0.4 is 11.1 Å². The Balaban J connectivity index is 2.23. The number of ether oxygens (including phenoxy) is 2. The zero-order chi connectivity index (χ0) is 14.3. The Labute approximate surface area is 112 Å². The molecular formula is C12H21N3O4. The lowest BCUT2D eigenvalue weighted by Gasteiger charge is -2.14. The lowest BCUT2D eigenvalue weighted by molar-refractivity contribution is -0.151. The topological polar surface area (TPSA) is 106 Å². The predicted molar refractivity (Wildman–Crippen MR) is 69.4 cm³/mol. The molecule has 0 radical (unpaired) electrons. The van der Waals surface area contributed by atoms with E-state index >= 15 is 0 Å². The van der Waals surface area contributed by atoms with Gasteiger partial charge in [-0.05, 0) is 18.9 Å². The van der Waals surface area contributed by atoms with E-state index in [0.29, 0.717) is 0 Å². The minimum absolute atomic E-state index is 0.00732. The molecule has 0 saturated carbocycles. The number of oxime groups is 1. The summed E-state index contributed by atoms with van der Waals surface area (Å²) in [6.45, 7) is 3.86. The zero-order valence-corrected chi connectivity index (χ0v) is 11.2. The standard InChI is InChI=1S/C12H21N3O4/c1-8(2)12(16)18-7-9-3-4-11(19-9)14-6-5-10(13)15-17/h5-6,8-9,11,14,17H,3-4,7H2,1-2H3,(H2,13,15)/b6-5-/t9-,11+/m0/s1. The van der Waals surface area contributed by atoms with Crippen LogP contribution in [0, 0.1) is 5.92 Å². The highest BCUT2D eigenvalue weighted by molar-refractivity contribution is 5.90. The molecule has 0 unspecified atom stereocenters. The number of amidine groups is 1. The Hall–Kier alpha value is -1.76. The molecule has 1 fully saturated rings. The van der Waals surface area contributed by atoms with Gasteiger partial charge in [-0.3, -0.25) is 4.79 Å². The van der Waals surface area contributed by atoms with Crippen LogP contribution in [0.1, 0.15) is 26.7 Å². The average Bonchev–Trinajstić information content (AvgIpc) is 2.83. The minimum atomic E-state index is -0.216. The summed E-state index contributed by atoms with van der Waals surface area (Å²) in [6, 6.07) is 0. The van der Waals surface area contributed by atoms with Crippen molar-refractivity contribution in [2.75, 3.05) is 6.61 Å². The quantitative estimate of drug-likeness (QED) is 0.214. The first-order valence-corrected chi connectivity index (χ1v) is 6.25. The van der Waals surface area contributed by atoms with E-state index in [2.05, 4.69) is 10.5 Å². The fraction of sp³-hybridized carbons (Fsp3) is 0.667. The first-order chi connectivity index (χ1) is 9.02. The zero-order valence-electron chi connectivity index (χ0n) is 11.2. The first kappa shape index (κ1) is 15.3. The number of hydrogen-bond acceptors (Lipinski definition) is 6. The molecule has 108 valence electrons. The number of carbonyl (C=O) groups is 1. The molecule has 1 aliphatic rings. The summed E-state index contributed by atoms with van der Waals surface area (Å²) < 4.78 is 10.7. The van der Waals surface area contributed by atoms with Crippen LogP contribution in [-0.2, 0) is 14.3 Å². The summed E-state index contributed by atoms with van der Waals surface area (Å²) in [6.07, 6.45) is 4.38. The molecule has 7 nitrogen and oxygen atoms in total. The maximum absolute atomic E-state index is 11.3. The van der Waals surface area contributed by atoms with Gasteiger partial charge in [-0.25, -0.2) is 0 Å². The summed E-state index contributed by atoms with van der Waals surface area (Å²) in [5, 5.41) is 14.1. The predicted octanol–water partition coefficient (Wildman–Crippen LogP) is 0.540. The molecular weight excluding hydrogens is 250 g/mol. The van der Waals surface area contributed by atoms with E-state index < -0.39 is 0 Å². The molecule has 1 heterocycles. The second-order valence-corrected chi connectivity index (χ2v) is 4.63. The third-order valence-corrected chi connectivity index (χ3v) is 2.64. The molecule has 0 aliphatic carbocycles. The Bertz CT molecular complexity index is 355. The Kier molecular flexibility index (Phi) is 6.14. The molecule has 0 aromatic rings. The highest BCUT2D eigenvalue weighted by atomic mass is 16.6. The number of hydrogen-bond donors (Lipinski definition) is 3. The molecule has 2 atom stereocenters. The van der Waals surface area contributed by atoms with E-state index in [0.717, 1.165) is 12.8 Å². The minimum Gasteiger partial charge on any atom is -0.463 e. The molecule has 0 aromatic carbocycles. The summed E-state index contributed by atoms with van der Waals surface area (Å²) in [5.74, 6) is -0.334. The van der Waals surface area contributed by atoms with Gasteiger partial charge in [-0.15, -0.1) is 0 Å². The fourth-order valence-corrected chi connectivity index (χ4v) is 1.57. The van der Waals surface area contributed by atoms with Crippen molar-refractivity contribution in [3.8, 4) is 0 Å². The maximum atomic E-state index is 11.3. The van der Waals surface area contributed by atoms with Crippen molar-refractivity contribution in [1.29, 1.82) is 0 Å². The van der Waals surface area contributed by atoms with E-state index in [1.54, 1.807) is 20.0 Å². The van der Waals surface area contributed by atoms with Crippen molar-refractivity contribution in [1.82, 2.24) is 5.32 Å². The van der Waals surface area contributed by atoms with Crippen LogP contribution in [-0.4, -0.2) is 36.0 Å². The van der Waals surface area contributed by atoms with Gasteiger partial charge in [0.15, 0.2) is 5.84 Å². The highest BCUT2D eigenvalue weighted by Gasteiger charge is 2.25. The lowest BCUT2D eigenvalue weighted by atomic mass is 10.2. The van der Waals surface area contributed by atoms with E-state index in [9.17, 15) is 4.79 Å². The summed E-state index contributed by atoms with van der Waals surface area (Å²) in [7, 11) is 0. The second kappa shape index (κ2) is 7.63. The Morgan fingerprint density at radius 1 is 1.63 bits per heavy atom. The summed E-state index contributed by atoms with van der Waals surface area (Å²) >= 11 is 0. The number of rotatable bonds is 6. The Morgan fingerprint density at radius 2 is 2.37 bits per heavy atom. The molecule has 1 rings (SSSR count). The van der Waals surface area contributed by atoms with Gasteiger partial charge in [-0.1, -0.05) is 19.0 Å². The molecule has 1 aliphatic heterocycles. The van der Waals surface area contributed by atoms with Gasteiger partial charge >= 0.3 is 5.97 Å². The van der Waals surface area contributed by atoms with Gasteiger partial charge in [0.25, 0.3) is 0 Å². The van der Waals surface area contributed by atoms with Crippen molar-refractivity contribution in [3.05, 3.63) is 12.3 Å². The molecule has 0 amide bonds. The van der Waals surface area contributed by atoms with Crippen LogP contribution in [0.5, 0.6) is 0 Å². The smallest absolute Gasteiger partial charge is 0.308 e. The highest BCUT2D eigenvalue weighted by Crippen LogP contribution is 2.18. The first-order valence-electron chi connectivity index (χ1n) is 6.25. The van der Waals surface area contributed by atoms with Crippen LogP contribution in [0.4, 0.5) is 0 Å². The van der Waals surface area contributed by atoms with Gasteiger partial charge in [0.1, 0.15) is 12.8 Å². The van der Waals surface area contributed by atoms with E-state index in [1.165, 1.54) is 6.08 Å². The summed E-state index contributed by atoms with van der Waals surface area (Å²) in [5.41, 5.74) is 5.27. The van der Waals surface area contributed by atoms with E-state index in [-0.39, 0.29) is 36.7 Å². The van der Waals surface area contributed by atoms with Crippen LogP contribution in [0.3, 0.4) is 0 Å². The molecule has 0 bridgehead atoms. The molecule has 1 saturated heterocycles. The van der Waals surface area contributed by atoms with Gasteiger partial charge in [0, 0.05) is 6.20 Å². The summed E-state index contributed by atoms with van der Waals surface area (Å²) in [4.78, 5) is 11.3.